The molecule has 98 valence electrons. The van der Waals surface area contributed by atoms with Gasteiger partial charge in [-0.15, -0.1) is 0 Å². The molecule has 17 heavy (non-hydrogen) atoms. The number of carboxylic acid groups (broad SMARTS) is 2. The molecule has 0 amide bonds. The lowest BCUT2D eigenvalue weighted by molar-refractivity contribution is -0.159. The van der Waals surface area contributed by atoms with Gasteiger partial charge in [-0.2, -0.15) is 0 Å². The van der Waals surface area contributed by atoms with Crippen molar-refractivity contribution in [3.63, 3.8) is 0 Å². The molecular weight excluding hydrogens is 228 g/mol. The fourth-order valence-electron chi connectivity index (χ4n) is 1.28. The van der Waals surface area contributed by atoms with E-state index < -0.39 is 36.2 Å². The summed E-state index contributed by atoms with van der Waals surface area (Å²) in [6.45, 7) is 3.54. The molecule has 6 heteroatoms. The van der Waals surface area contributed by atoms with Gasteiger partial charge in [0.25, 0.3) is 0 Å². The molecule has 2 N–H and O–H groups in total. The second-order valence-electron chi connectivity index (χ2n) is 3.85. The topological polar surface area (TPSA) is 101 Å². The molecule has 0 saturated heterocycles. The number of carboxylic acids is 2. The summed E-state index contributed by atoms with van der Waals surface area (Å²) in [7, 11) is 0. The van der Waals surface area contributed by atoms with Crippen LogP contribution in [0.3, 0.4) is 0 Å². The molecule has 0 saturated carbocycles. The van der Waals surface area contributed by atoms with E-state index in [9.17, 15) is 14.4 Å². The Morgan fingerprint density at radius 2 is 1.82 bits per heavy atom. The van der Waals surface area contributed by atoms with Crippen LogP contribution in [0.15, 0.2) is 0 Å². The molecular formula is C11H18O6. The lowest BCUT2D eigenvalue weighted by Crippen LogP contribution is -2.31. The van der Waals surface area contributed by atoms with Gasteiger partial charge in [0, 0.05) is 0 Å². The van der Waals surface area contributed by atoms with Crippen LogP contribution in [0.1, 0.15) is 33.1 Å². The summed E-state index contributed by atoms with van der Waals surface area (Å²) in [5, 5.41) is 17.4. The van der Waals surface area contributed by atoms with Crippen LogP contribution in [0.25, 0.3) is 0 Å². The van der Waals surface area contributed by atoms with Gasteiger partial charge in [-0.3, -0.25) is 14.4 Å². The molecule has 0 aromatic carbocycles. The molecule has 2 unspecified atom stereocenters. The zero-order chi connectivity index (χ0) is 13.4. The van der Waals surface area contributed by atoms with E-state index in [2.05, 4.69) is 0 Å². The number of hydrogen-bond donors (Lipinski definition) is 2. The number of carbonyl (C=O) groups excluding carboxylic acids is 1. The number of aliphatic carboxylic acids is 2. The van der Waals surface area contributed by atoms with Crippen LogP contribution in [0.4, 0.5) is 0 Å². The Morgan fingerprint density at radius 1 is 1.24 bits per heavy atom. The van der Waals surface area contributed by atoms with E-state index in [4.69, 9.17) is 14.9 Å². The third-order valence-electron chi connectivity index (χ3n) is 2.43. The van der Waals surface area contributed by atoms with E-state index in [1.54, 1.807) is 0 Å². The third kappa shape index (κ3) is 5.89. The molecule has 0 aliphatic rings. The number of carbonyl (C=O) groups is 3. The molecule has 0 aromatic heterocycles. The molecule has 6 nitrogen and oxygen atoms in total. The van der Waals surface area contributed by atoms with Crippen molar-refractivity contribution in [2.45, 2.75) is 33.1 Å². The number of ether oxygens (including phenoxy) is 1. The minimum absolute atomic E-state index is 0.235. The van der Waals surface area contributed by atoms with Crippen LogP contribution in [-0.2, 0) is 19.1 Å². The van der Waals surface area contributed by atoms with Crippen molar-refractivity contribution in [2.75, 3.05) is 6.61 Å². The second kappa shape index (κ2) is 7.65. The number of unbranched alkanes of at least 4 members (excludes halogenated alkanes) is 1. The van der Waals surface area contributed by atoms with E-state index in [1.807, 2.05) is 6.92 Å². The van der Waals surface area contributed by atoms with Gasteiger partial charge in [-0.25, -0.2) is 0 Å². The molecule has 0 radical (unpaired) electrons. The van der Waals surface area contributed by atoms with Crippen LogP contribution in [0.2, 0.25) is 0 Å². The van der Waals surface area contributed by atoms with Gasteiger partial charge in [0.05, 0.1) is 24.9 Å². The lowest BCUT2D eigenvalue weighted by atomic mass is 9.91. The van der Waals surface area contributed by atoms with Crippen molar-refractivity contribution in [1.29, 1.82) is 0 Å². The highest BCUT2D eigenvalue weighted by atomic mass is 16.5. The van der Waals surface area contributed by atoms with Crippen LogP contribution >= 0.6 is 0 Å². The quantitative estimate of drug-likeness (QED) is 0.492. The monoisotopic (exact) mass is 246 g/mol. The van der Waals surface area contributed by atoms with Crippen LogP contribution in [-0.4, -0.2) is 34.7 Å². The Bertz CT molecular complexity index is 286. The minimum atomic E-state index is -1.30. The summed E-state index contributed by atoms with van der Waals surface area (Å²) in [6, 6.07) is 0. The molecule has 0 heterocycles. The highest BCUT2D eigenvalue weighted by Gasteiger charge is 2.32. The Balaban J connectivity index is 4.39. The van der Waals surface area contributed by atoms with E-state index in [0.29, 0.717) is 6.42 Å². The summed E-state index contributed by atoms with van der Waals surface area (Å²) in [4.78, 5) is 32.8. The first-order valence-corrected chi connectivity index (χ1v) is 5.51. The van der Waals surface area contributed by atoms with E-state index >= 15 is 0 Å². The largest absolute Gasteiger partial charge is 0.481 e. The molecule has 0 fully saturated rings. The number of rotatable bonds is 8. The van der Waals surface area contributed by atoms with Crippen LogP contribution in [0.5, 0.6) is 0 Å². The van der Waals surface area contributed by atoms with Crippen molar-refractivity contribution in [1.82, 2.24) is 0 Å². The first-order chi connectivity index (χ1) is 7.90. The summed E-state index contributed by atoms with van der Waals surface area (Å²) < 4.78 is 4.86. The first-order valence-electron chi connectivity index (χ1n) is 5.51. The van der Waals surface area contributed by atoms with E-state index in [0.717, 1.165) is 6.42 Å². The van der Waals surface area contributed by atoms with Gasteiger partial charge < -0.3 is 14.9 Å². The maximum atomic E-state index is 11.5. The SMILES string of the molecule is CCCCOC(=O)C(C)C(CC(=O)O)C(=O)O. The molecule has 0 spiro atoms. The zero-order valence-corrected chi connectivity index (χ0v) is 10.0. The normalized spacial score (nSPS) is 13.8. The average Bonchev–Trinajstić information content (AvgIpc) is 2.24. The van der Waals surface area contributed by atoms with Gasteiger partial charge in [0.1, 0.15) is 0 Å². The molecule has 0 aliphatic heterocycles. The summed E-state index contributed by atoms with van der Waals surface area (Å²) in [6.07, 6.45) is 0.980. The molecule has 0 bridgehead atoms. The second-order valence-corrected chi connectivity index (χ2v) is 3.85. The van der Waals surface area contributed by atoms with Crippen molar-refractivity contribution < 1.29 is 29.3 Å². The van der Waals surface area contributed by atoms with Gasteiger partial charge >= 0.3 is 17.9 Å². The van der Waals surface area contributed by atoms with Crippen molar-refractivity contribution in [3.05, 3.63) is 0 Å². The Kier molecular flexibility index (Phi) is 6.93. The Labute approximate surface area is 99.6 Å². The van der Waals surface area contributed by atoms with Crippen LogP contribution < -0.4 is 0 Å². The van der Waals surface area contributed by atoms with Gasteiger partial charge in [0.15, 0.2) is 0 Å². The minimum Gasteiger partial charge on any atom is -0.481 e. The van der Waals surface area contributed by atoms with E-state index in [1.165, 1.54) is 6.92 Å². The average molecular weight is 246 g/mol. The first kappa shape index (κ1) is 15.4. The summed E-state index contributed by atoms with van der Waals surface area (Å²) >= 11 is 0. The summed E-state index contributed by atoms with van der Waals surface area (Å²) in [5.41, 5.74) is 0. The molecule has 2 atom stereocenters. The highest BCUT2D eigenvalue weighted by molar-refractivity contribution is 5.84. The zero-order valence-electron chi connectivity index (χ0n) is 10.0. The van der Waals surface area contributed by atoms with Crippen molar-refractivity contribution in [2.24, 2.45) is 11.8 Å². The predicted octanol–water partition coefficient (Wildman–Crippen LogP) is 1.14. The Morgan fingerprint density at radius 3 is 2.24 bits per heavy atom. The van der Waals surface area contributed by atoms with Crippen molar-refractivity contribution >= 4 is 17.9 Å². The lowest BCUT2D eigenvalue weighted by Gasteiger charge is -2.17. The highest BCUT2D eigenvalue weighted by Crippen LogP contribution is 2.18. The van der Waals surface area contributed by atoms with Crippen LogP contribution in [0, 0.1) is 11.8 Å². The molecule has 0 aromatic rings. The standard InChI is InChI=1S/C11H18O6/c1-3-4-5-17-11(16)7(2)8(10(14)15)6-9(12)13/h7-8H,3-6H2,1-2H3,(H,12,13)(H,14,15). The summed E-state index contributed by atoms with van der Waals surface area (Å²) in [5.74, 6) is -5.41. The fraction of sp³-hybridized carbons (Fsp3) is 0.727. The van der Waals surface area contributed by atoms with Gasteiger partial charge in [-0.1, -0.05) is 20.3 Å². The number of hydrogen-bond acceptors (Lipinski definition) is 4. The van der Waals surface area contributed by atoms with Gasteiger partial charge in [0.2, 0.25) is 0 Å². The third-order valence-corrected chi connectivity index (χ3v) is 2.43. The predicted molar refractivity (Wildman–Crippen MR) is 58.4 cm³/mol. The smallest absolute Gasteiger partial charge is 0.309 e. The fourth-order valence-corrected chi connectivity index (χ4v) is 1.28. The maximum absolute atomic E-state index is 11.5. The van der Waals surface area contributed by atoms with E-state index in [-0.39, 0.29) is 6.61 Å². The van der Waals surface area contributed by atoms with Gasteiger partial charge in [-0.05, 0) is 6.42 Å². The van der Waals surface area contributed by atoms with Crippen molar-refractivity contribution in [3.8, 4) is 0 Å². The molecule has 0 rings (SSSR count). The Hall–Kier alpha value is -1.59. The maximum Gasteiger partial charge on any atom is 0.309 e. The number of esters is 1. The molecule has 0 aliphatic carbocycles.